The monoisotopic (exact) mass is 218 g/mol. The molecule has 2 rings (SSSR count). The van der Waals surface area contributed by atoms with Crippen LogP contribution in [0, 0.1) is 0 Å². The highest BCUT2D eigenvalue weighted by atomic mass is 16.7. The van der Waals surface area contributed by atoms with Gasteiger partial charge in [-0.15, -0.1) is 0 Å². The summed E-state index contributed by atoms with van der Waals surface area (Å²) in [5.41, 5.74) is 9.75. The fourth-order valence-corrected chi connectivity index (χ4v) is 1.87. The molecular formula is C10H10N4O2. The molecule has 1 heterocycles. The number of hydroxylamine groups is 2. The number of carbonyl (C=O) groups is 1. The fourth-order valence-electron chi connectivity index (χ4n) is 1.87. The Morgan fingerprint density at radius 3 is 3.00 bits per heavy atom. The molecule has 1 aliphatic rings. The van der Waals surface area contributed by atoms with Crippen molar-refractivity contribution < 1.29 is 9.63 Å². The number of rotatable bonds is 3. The third-order valence-electron chi connectivity index (χ3n) is 2.55. The topological polar surface area (TPSA) is 78.3 Å². The summed E-state index contributed by atoms with van der Waals surface area (Å²) in [5.74, 6) is -0.198. The lowest BCUT2D eigenvalue weighted by molar-refractivity contribution is -0.116. The largest absolute Gasteiger partial charge is 0.278 e. The van der Waals surface area contributed by atoms with Crippen LogP contribution in [0.1, 0.15) is 22.0 Å². The number of amides is 1. The lowest BCUT2D eigenvalue weighted by Gasteiger charge is -2.20. The van der Waals surface area contributed by atoms with Gasteiger partial charge in [0.1, 0.15) is 0 Å². The molecule has 82 valence electrons. The van der Waals surface area contributed by atoms with Gasteiger partial charge in [-0.1, -0.05) is 23.3 Å². The van der Waals surface area contributed by atoms with Gasteiger partial charge in [-0.25, -0.2) is 5.06 Å². The number of fused-ring (bicyclic) bond motifs is 1. The van der Waals surface area contributed by atoms with Crippen LogP contribution in [-0.2, 0) is 4.84 Å². The summed E-state index contributed by atoms with van der Waals surface area (Å²) in [4.78, 5) is 19.6. The molecule has 0 N–H and O–H groups in total. The van der Waals surface area contributed by atoms with E-state index in [1.54, 1.807) is 12.1 Å². The van der Waals surface area contributed by atoms with Crippen molar-refractivity contribution >= 4 is 5.91 Å². The van der Waals surface area contributed by atoms with Gasteiger partial charge in [0.2, 0.25) is 0 Å². The smallest absolute Gasteiger partial charge is 0.273 e. The van der Waals surface area contributed by atoms with Gasteiger partial charge in [-0.2, -0.15) is 0 Å². The minimum Gasteiger partial charge on any atom is -0.273 e. The van der Waals surface area contributed by atoms with Gasteiger partial charge >= 0.3 is 0 Å². The van der Waals surface area contributed by atoms with Crippen LogP contribution in [0.3, 0.4) is 0 Å². The highest BCUT2D eigenvalue weighted by molar-refractivity contribution is 5.98. The van der Waals surface area contributed by atoms with Gasteiger partial charge in [0.15, 0.2) is 0 Å². The minimum absolute atomic E-state index is 0.174. The summed E-state index contributed by atoms with van der Waals surface area (Å²) >= 11 is 0. The highest BCUT2D eigenvalue weighted by Crippen LogP contribution is 2.33. The summed E-state index contributed by atoms with van der Waals surface area (Å²) in [7, 11) is 1.42. The van der Waals surface area contributed by atoms with Crippen molar-refractivity contribution in [2.45, 2.75) is 6.04 Å². The molecular weight excluding hydrogens is 208 g/mol. The predicted molar refractivity (Wildman–Crippen MR) is 56.4 cm³/mol. The van der Waals surface area contributed by atoms with Crippen LogP contribution in [0.15, 0.2) is 29.4 Å². The summed E-state index contributed by atoms with van der Waals surface area (Å²) in [6, 6.07) is 6.88. The SMILES string of the molecule is CON1C(=O)c2ccccc2C1CN=[N+]=[N-]. The molecule has 6 heteroatoms. The van der Waals surface area contributed by atoms with Crippen molar-refractivity contribution in [1.82, 2.24) is 5.06 Å². The van der Waals surface area contributed by atoms with Crippen molar-refractivity contribution in [1.29, 1.82) is 0 Å². The maximum absolute atomic E-state index is 11.9. The maximum Gasteiger partial charge on any atom is 0.278 e. The predicted octanol–water partition coefficient (Wildman–Crippen LogP) is 2.06. The Morgan fingerprint density at radius 2 is 2.31 bits per heavy atom. The molecule has 0 fully saturated rings. The molecule has 0 aliphatic carbocycles. The molecule has 0 saturated carbocycles. The van der Waals surface area contributed by atoms with E-state index in [9.17, 15) is 4.79 Å². The van der Waals surface area contributed by atoms with Crippen molar-refractivity contribution in [3.8, 4) is 0 Å². The van der Waals surface area contributed by atoms with Crippen LogP contribution < -0.4 is 0 Å². The van der Waals surface area contributed by atoms with Crippen LogP contribution >= 0.6 is 0 Å². The van der Waals surface area contributed by atoms with Crippen molar-refractivity contribution in [2.24, 2.45) is 5.11 Å². The molecule has 1 aromatic rings. The average Bonchev–Trinajstić information content (AvgIpc) is 2.60. The molecule has 0 saturated heterocycles. The first-order valence-corrected chi connectivity index (χ1v) is 4.77. The molecule has 0 aromatic heterocycles. The van der Waals surface area contributed by atoms with Gasteiger partial charge in [0.05, 0.1) is 19.7 Å². The van der Waals surface area contributed by atoms with E-state index < -0.39 is 0 Å². The number of carbonyl (C=O) groups excluding carboxylic acids is 1. The number of benzene rings is 1. The molecule has 16 heavy (non-hydrogen) atoms. The van der Waals surface area contributed by atoms with E-state index in [0.29, 0.717) is 5.56 Å². The average molecular weight is 218 g/mol. The number of nitrogens with zero attached hydrogens (tertiary/aromatic N) is 4. The molecule has 0 radical (unpaired) electrons. The van der Waals surface area contributed by atoms with Crippen LogP contribution in [0.25, 0.3) is 10.4 Å². The Balaban J connectivity index is 2.42. The molecule has 1 amide bonds. The number of hydrogen-bond acceptors (Lipinski definition) is 3. The van der Waals surface area contributed by atoms with Gasteiger partial charge in [-0.05, 0) is 17.2 Å². The van der Waals surface area contributed by atoms with Crippen LogP contribution in [0.2, 0.25) is 0 Å². The zero-order chi connectivity index (χ0) is 11.5. The Labute approximate surface area is 92.0 Å². The second-order valence-electron chi connectivity index (χ2n) is 3.33. The standard InChI is InChI=1S/C10H10N4O2/c1-16-14-9(6-12-13-11)7-4-2-3-5-8(7)10(14)15/h2-5,9H,6H2,1H3. The first-order valence-electron chi connectivity index (χ1n) is 4.77. The van der Waals surface area contributed by atoms with E-state index in [2.05, 4.69) is 10.0 Å². The normalized spacial score (nSPS) is 18.2. The Morgan fingerprint density at radius 1 is 1.56 bits per heavy atom. The second-order valence-corrected chi connectivity index (χ2v) is 3.33. The molecule has 6 nitrogen and oxygen atoms in total. The lowest BCUT2D eigenvalue weighted by Crippen LogP contribution is -2.28. The third-order valence-corrected chi connectivity index (χ3v) is 2.55. The van der Waals surface area contributed by atoms with E-state index in [-0.39, 0.29) is 18.5 Å². The Kier molecular flexibility index (Phi) is 2.76. The van der Waals surface area contributed by atoms with Gasteiger partial charge in [0, 0.05) is 10.5 Å². The Bertz CT molecular complexity index is 468. The number of hydrogen-bond donors (Lipinski definition) is 0. The lowest BCUT2D eigenvalue weighted by atomic mass is 10.1. The van der Waals surface area contributed by atoms with Crippen LogP contribution in [0.4, 0.5) is 0 Å². The summed E-state index contributed by atoms with van der Waals surface area (Å²) < 4.78 is 0. The van der Waals surface area contributed by atoms with Crippen molar-refractivity contribution in [3.05, 3.63) is 45.8 Å². The van der Waals surface area contributed by atoms with E-state index in [0.717, 1.165) is 5.56 Å². The van der Waals surface area contributed by atoms with Crippen molar-refractivity contribution in [2.75, 3.05) is 13.7 Å². The third kappa shape index (κ3) is 1.50. The summed E-state index contributed by atoms with van der Waals surface area (Å²) in [6.45, 7) is 0.174. The maximum atomic E-state index is 11.9. The van der Waals surface area contributed by atoms with E-state index in [4.69, 9.17) is 10.4 Å². The molecule has 1 aliphatic heterocycles. The quantitative estimate of drug-likeness (QED) is 0.442. The molecule has 0 spiro atoms. The molecule has 1 atom stereocenters. The van der Waals surface area contributed by atoms with E-state index in [1.807, 2.05) is 12.1 Å². The zero-order valence-electron chi connectivity index (χ0n) is 8.70. The van der Waals surface area contributed by atoms with Crippen LogP contribution in [-0.4, -0.2) is 24.6 Å². The fraction of sp³-hybridized carbons (Fsp3) is 0.300. The first-order chi connectivity index (χ1) is 7.79. The van der Waals surface area contributed by atoms with Crippen LogP contribution in [0.5, 0.6) is 0 Å². The van der Waals surface area contributed by atoms with E-state index in [1.165, 1.54) is 12.2 Å². The zero-order valence-corrected chi connectivity index (χ0v) is 8.70. The molecule has 1 unspecified atom stereocenters. The van der Waals surface area contributed by atoms with E-state index >= 15 is 0 Å². The highest BCUT2D eigenvalue weighted by Gasteiger charge is 2.36. The molecule has 1 aromatic carbocycles. The van der Waals surface area contributed by atoms with Gasteiger partial charge < -0.3 is 0 Å². The summed E-state index contributed by atoms with van der Waals surface area (Å²) in [6.07, 6.45) is 0. The summed E-state index contributed by atoms with van der Waals surface area (Å²) in [5, 5.41) is 4.73. The number of azide groups is 1. The first kappa shape index (κ1) is 10.5. The molecule has 0 bridgehead atoms. The Hall–Kier alpha value is -2.04. The van der Waals surface area contributed by atoms with Gasteiger partial charge in [0.25, 0.3) is 5.91 Å². The second kappa shape index (κ2) is 4.22. The van der Waals surface area contributed by atoms with Gasteiger partial charge in [-0.3, -0.25) is 9.63 Å². The van der Waals surface area contributed by atoms with Crippen molar-refractivity contribution in [3.63, 3.8) is 0 Å². The minimum atomic E-state index is -0.329.